The summed E-state index contributed by atoms with van der Waals surface area (Å²) >= 11 is 7.26. The molecular weight excluding hydrogens is 274 g/mol. The maximum Gasteiger partial charge on any atom is 0.360 e. The highest BCUT2D eigenvalue weighted by molar-refractivity contribution is 7.17. The van der Waals surface area contributed by atoms with Crippen LogP contribution in [0.4, 0.5) is 0 Å². The van der Waals surface area contributed by atoms with Crippen LogP contribution in [0.15, 0.2) is 11.4 Å². The van der Waals surface area contributed by atoms with Crippen molar-refractivity contribution >= 4 is 39.0 Å². The predicted octanol–water partition coefficient (Wildman–Crippen LogP) is 3.61. The largest absolute Gasteiger partial charge is 0.504 e. The fraction of sp³-hybridized carbons (Fsp3) is 0.333. The molecule has 0 saturated heterocycles. The number of thiophene rings is 1. The Balaban J connectivity index is 2.33. The van der Waals surface area contributed by atoms with Crippen LogP contribution in [0.25, 0.3) is 10.1 Å². The number of carbonyl (C=O) groups excluding carboxylic acids is 1. The van der Waals surface area contributed by atoms with Crippen LogP contribution in [0.3, 0.4) is 0 Å². The molecule has 2 aromatic heterocycles. The lowest BCUT2D eigenvalue weighted by Crippen LogP contribution is -2.09. The van der Waals surface area contributed by atoms with Crippen LogP contribution in [0.5, 0.6) is 5.75 Å². The number of fused-ring (bicyclic) bond motifs is 1. The van der Waals surface area contributed by atoms with E-state index < -0.39 is 5.97 Å². The van der Waals surface area contributed by atoms with Gasteiger partial charge < -0.3 is 9.84 Å². The highest BCUT2D eigenvalue weighted by atomic mass is 35.5. The van der Waals surface area contributed by atoms with Crippen LogP contribution in [0, 0.1) is 0 Å². The van der Waals surface area contributed by atoms with Crippen molar-refractivity contribution in [3.8, 4) is 5.75 Å². The Morgan fingerprint density at radius 3 is 3.11 bits per heavy atom. The first-order chi connectivity index (χ1) is 8.65. The average molecular weight is 286 g/mol. The van der Waals surface area contributed by atoms with E-state index in [4.69, 9.17) is 16.3 Å². The molecule has 0 aliphatic heterocycles. The van der Waals surface area contributed by atoms with Gasteiger partial charge in [-0.1, -0.05) is 24.9 Å². The van der Waals surface area contributed by atoms with Gasteiger partial charge in [0.15, 0.2) is 11.4 Å². The monoisotopic (exact) mass is 285 g/mol. The second-order valence-corrected chi connectivity index (χ2v) is 5.03. The van der Waals surface area contributed by atoms with E-state index in [0.29, 0.717) is 16.7 Å². The van der Waals surface area contributed by atoms with Crippen molar-refractivity contribution in [1.29, 1.82) is 0 Å². The molecule has 0 bridgehead atoms. The van der Waals surface area contributed by atoms with Crippen LogP contribution >= 0.6 is 22.9 Å². The molecule has 0 unspecified atom stereocenters. The number of halogens is 1. The van der Waals surface area contributed by atoms with E-state index in [1.54, 1.807) is 11.4 Å². The summed E-state index contributed by atoms with van der Waals surface area (Å²) in [4.78, 5) is 15.7. The van der Waals surface area contributed by atoms with E-state index in [1.807, 2.05) is 6.92 Å². The summed E-state index contributed by atoms with van der Waals surface area (Å²) in [5.74, 6) is -0.802. The van der Waals surface area contributed by atoms with Crippen LogP contribution in [-0.4, -0.2) is 22.7 Å². The molecule has 0 saturated carbocycles. The molecule has 1 N–H and O–H groups in total. The minimum Gasteiger partial charge on any atom is -0.504 e. The number of rotatable bonds is 4. The fourth-order valence-electron chi connectivity index (χ4n) is 1.49. The SMILES string of the molecule is CCCCOC(=O)c1nc(Cl)c2ccsc2c1O. The first-order valence-corrected chi connectivity index (χ1v) is 6.83. The molecule has 0 aromatic carbocycles. The van der Waals surface area contributed by atoms with Crippen LogP contribution in [-0.2, 0) is 4.74 Å². The van der Waals surface area contributed by atoms with Gasteiger partial charge in [0.05, 0.1) is 11.3 Å². The summed E-state index contributed by atoms with van der Waals surface area (Å²) in [6.45, 7) is 2.31. The third-order valence-corrected chi connectivity index (χ3v) is 3.67. The molecule has 6 heteroatoms. The molecule has 0 aliphatic carbocycles. The first-order valence-electron chi connectivity index (χ1n) is 5.58. The number of esters is 1. The Kier molecular flexibility index (Phi) is 4.04. The van der Waals surface area contributed by atoms with Crippen molar-refractivity contribution in [2.24, 2.45) is 0 Å². The van der Waals surface area contributed by atoms with Crippen molar-refractivity contribution in [2.45, 2.75) is 19.8 Å². The number of nitrogens with zero attached hydrogens (tertiary/aromatic N) is 1. The molecule has 0 aliphatic rings. The number of aromatic hydroxyl groups is 1. The van der Waals surface area contributed by atoms with Gasteiger partial charge in [0, 0.05) is 5.39 Å². The Labute approximate surface area is 113 Å². The van der Waals surface area contributed by atoms with E-state index in [9.17, 15) is 9.90 Å². The van der Waals surface area contributed by atoms with Crippen molar-refractivity contribution in [1.82, 2.24) is 4.98 Å². The fourth-order valence-corrected chi connectivity index (χ4v) is 2.63. The van der Waals surface area contributed by atoms with Crippen LogP contribution < -0.4 is 0 Å². The van der Waals surface area contributed by atoms with Crippen LogP contribution in [0.2, 0.25) is 5.15 Å². The maximum atomic E-state index is 11.8. The van der Waals surface area contributed by atoms with Gasteiger partial charge in [0.25, 0.3) is 0 Å². The van der Waals surface area contributed by atoms with E-state index in [2.05, 4.69) is 4.98 Å². The third-order valence-electron chi connectivity index (χ3n) is 2.46. The number of hydrogen-bond donors (Lipinski definition) is 1. The molecule has 18 heavy (non-hydrogen) atoms. The topological polar surface area (TPSA) is 59.4 Å². The normalized spacial score (nSPS) is 10.8. The Hall–Kier alpha value is -1.33. The summed E-state index contributed by atoms with van der Waals surface area (Å²) in [5, 5.41) is 12.6. The zero-order chi connectivity index (χ0) is 13.1. The molecule has 2 heterocycles. The second-order valence-electron chi connectivity index (χ2n) is 3.75. The molecule has 2 aromatic rings. The van der Waals surface area contributed by atoms with Gasteiger partial charge in [-0.2, -0.15) is 0 Å². The van der Waals surface area contributed by atoms with Gasteiger partial charge in [0.2, 0.25) is 0 Å². The highest BCUT2D eigenvalue weighted by Crippen LogP contribution is 2.36. The van der Waals surface area contributed by atoms with E-state index in [1.165, 1.54) is 11.3 Å². The standard InChI is InChI=1S/C12H12ClNO3S/c1-2-3-5-17-12(16)8-9(15)10-7(4-6-18-10)11(13)14-8/h4,6,15H,2-3,5H2,1H3. The Morgan fingerprint density at radius 1 is 1.61 bits per heavy atom. The van der Waals surface area contributed by atoms with Gasteiger partial charge in [-0.05, 0) is 17.9 Å². The summed E-state index contributed by atoms with van der Waals surface area (Å²) in [6, 6.07) is 1.75. The predicted molar refractivity (Wildman–Crippen MR) is 71.5 cm³/mol. The summed E-state index contributed by atoms with van der Waals surface area (Å²) in [5.41, 5.74) is -0.119. The molecule has 96 valence electrons. The number of aromatic nitrogens is 1. The average Bonchev–Trinajstić information content (AvgIpc) is 2.84. The van der Waals surface area contributed by atoms with Crippen LogP contribution in [0.1, 0.15) is 30.3 Å². The van der Waals surface area contributed by atoms with E-state index >= 15 is 0 Å². The first kappa shape index (κ1) is 13.1. The van der Waals surface area contributed by atoms with Gasteiger partial charge in [-0.15, -0.1) is 11.3 Å². The smallest absolute Gasteiger partial charge is 0.360 e. The lowest BCUT2D eigenvalue weighted by Gasteiger charge is -2.06. The van der Waals surface area contributed by atoms with Crippen molar-refractivity contribution in [3.05, 3.63) is 22.3 Å². The van der Waals surface area contributed by atoms with Crippen molar-refractivity contribution in [3.63, 3.8) is 0 Å². The highest BCUT2D eigenvalue weighted by Gasteiger charge is 2.20. The Morgan fingerprint density at radius 2 is 2.39 bits per heavy atom. The third kappa shape index (κ3) is 2.42. The number of carbonyl (C=O) groups is 1. The lowest BCUT2D eigenvalue weighted by atomic mass is 10.2. The van der Waals surface area contributed by atoms with Crippen molar-refractivity contribution in [2.75, 3.05) is 6.61 Å². The second kappa shape index (κ2) is 5.54. The maximum absolute atomic E-state index is 11.8. The summed E-state index contributed by atoms with van der Waals surface area (Å²) in [6.07, 6.45) is 1.71. The zero-order valence-corrected chi connectivity index (χ0v) is 11.3. The van der Waals surface area contributed by atoms with Gasteiger partial charge in [0.1, 0.15) is 5.15 Å². The molecule has 4 nitrogen and oxygen atoms in total. The molecule has 2 rings (SSSR count). The number of pyridine rings is 1. The van der Waals surface area contributed by atoms with E-state index in [-0.39, 0.29) is 16.6 Å². The molecule has 0 amide bonds. The molecular formula is C12H12ClNO3S. The van der Waals surface area contributed by atoms with Gasteiger partial charge in [-0.25, -0.2) is 9.78 Å². The summed E-state index contributed by atoms with van der Waals surface area (Å²) in [7, 11) is 0. The number of hydrogen-bond acceptors (Lipinski definition) is 5. The lowest BCUT2D eigenvalue weighted by molar-refractivity contribution is 0.0489. The molecule has 0 atom stereocenters. The minimum absolute atomic E-state index is 0.119. The van der Waals surface area contributed by atoms with Gasteiger partial charge >= 0.3 is 5.97 Å². The Bertz CT molecular complexity index is 582. The minimum atomic E-state index is -0.641. The molecule has 0 fully saturated rings. The van der Waals surface area contributed by atoms with Crippen molar-refractivity contribution < 1.29 is 14.6 Å². The van der Waals surface area contributed by atoms with Gasteiger partial charge in [-0.3, -0.25) is 0 Å². The quantitative estimate of drug-likeness (QED) is 0.529. The molecule has 0 radical (unpaired) electrons. The summed E-state index contributed by atoms with van der Waals surface area (Å²) < 4.78 is 5.57. The number of ether oxygens (including phenoxy) is 1. The van der Waals surface area contributed by atoms with E-state index in [0.717, 1.165) is 12.8 Å². The zero-order valence-electron chi connectivity index (χ0n) is 9.77. The molecule has 0 spiro atoms. The number of unbranched alkanes of at least 4 members (excludes halogenated alkanes) is 1.